The summed E-state index contributed by atoms with van der Waals surface area (Å²) in [6.07, 6.45) is 0.119. The van der Waals surface area contributed by atoms with Crippen molar-refractivity contribution in [3.8, 4) is 11.5 Å². The molecule has 2 amide bonds. The molecule has 0 unspecified atom stereocenters. The number of aryl methyl sites for hydroxylation is 1. The number of hydrogen-bond acceptors (Lipinski definition) is 6. The molecular formula is C26H26N2O6. The van der Waals surface area contributed by atoms with Crippen LogP contribution >= 0.6 is 0 Å². The summed E-state index contributed by atoms with van der Waals surface area (Å²) in [6.45, 7) is 1.89. The molecule has 0 bridgehead atoms. The Bertz CT molecular complexity index is 1130. The highest BCUT2D eigenvalue weighted by molar-refractivity contribution is 6.04. The molecule has 176 valence electrons. The summed E-state index contributed by atoms with van der Waals surface area (Å²) in [5.74, 6) is 0.574. The van der Waals surface area contributed by atoms with Crippen LogP contribution in [-0.2, 0) is 16.0 Å². The van der Waals surface area contributed by atoms with Crippen molar-refractivity contribution in [2.45, 2.75) is 19.8 Å². The Kier molecular flexibility index (Phi) is 8.62. The van der Waals surface area contributed by atoms with E-state index in [2.05, 4.69) is 10.6 Å². The zero-order chi connectivity index (χ0) is 24.3. The minimum absolute atomic E-state index is 0.128. The number of methoxy groups -OCH3 is 1. The number of nitrogens with one attached hydrogen (secondary N) is 2. The highest BCUT2D eigenvalue weighted by Crippen LogP contribution is 2.19. The molecule has 2 N–H and O–H groups in total. The van der Waals surface area contributed by atoms with Gasteiger partial charge in [0.25, 0.3) is 5.91 Å². The first-order valence-corrected chi connectivity index (χ1v) is 10.8. The van der Waals surface area contributed by atoms with Crippen LogP contribution in [0, 0.1) is 0 Å². The molecule has 3 aromatic carbocycles. The maximum absolute atomic E-state index is 12.5. The topological polar surface area (TPSA) is 103 Å². The van der Waals surface area contributed by atoms with Crippen LogP contribution in [-0.4, -0.2) is 31.7 Å². The maximum Gasteiger partial charge on any atom is 0.513 e. The number of benzene rings is 3. The fourth-order valence-electron chi connectivity index (χ4n) is 3.07. The van der Waals surface area contributed by atoms with Crippen molar-refractivity contribution in [3.63, 3.8) is 0 Å². The van der Waals surface area contributed by atoms with Gasteiger partial charge >= 0.3 is 6.16 Å². The molecule has 0 atom stereocenters. The molecule has 0 saturated heterocycles. The van der Waals surface area contributed by atoms with E-state index in [1.165, 1.54) is 24.3 Å². The predicted molar refractivity (Wildman–Crippen MR) is 128 cm³/mol. The van der Waals surface area contributed by atoms with E-state index in [4.69, 9.17) is 14.2 Å². The van der Waals surface area contributed by atoms with Gasteiger partial charge in [0, 0.05) is 23.4 Å². The Morgan fingerprint density at radius 3 is 2.12 bits per heavy atom. The van der Waals surface area contributed by atoms with Crippen LogP contribution in [0.5, 0.6) is 11.5 Å². The lowest BCUT2D eigenvalue weighted by atomic mass is 10.1. The van der Waals surface area contributed by atoms with E-state index in [9.17, 15) is 14.4 Å². The van der Waals surface area contributed by atoms with E-state index >= 15 is 0 Å². The third-order valence-electron chi connectivity index (χ3n) is 4.78. The van der Waals surface area contributed by atoms with Gasteiger partial charge in [0.05, 0.1) is 13.7 Å². The van der Waals surface area contributed by atoms with Gasteiger partial charge in [-0.1, -0.05) is 18.2 Å². The summed E-state index contributed by atoms with van der Waals surface area (Å²) in [7, 11) is 1.61. The van der Waals surface area contributed by atoms with Crippen LogP contribution in [0.1, 0.15) is 29.3 Å². The van der Waals surface area contributed by atoms with Gasteiger partial charge in [-0.25, -0.2) is 4.79 Å². The van der Waals surface area contributed by atoms with Crippen molar-refractivity contribution in [1.29, 1.82) is 0 Å². The predicted octanol–water partition coefficient (Wildman–Crippen LogP) is 5.05. The molecule has 0 spiro atoms. The molecule has 0 saturated carbocycles. The zero-order valence-electron chi connectivity index (χ0n) is 19.0. The van der Waals surface area contributed by atoms with Gasteiger partial charge in [-0.2, -0.15) is 0 Å². The van der Waals surface area contributed by atoms with Crippen LogP contribution in [0.25, 0.3) is 0 Å². The summed E-state index contributed by atoms with van der Waals surface area (Å²) in [4.78, 5) is 36.3. The van der Waals surface area contributed by atoms with E-state index in [1.807, 2.05) is 24.3 Å². The third-order valence-corrected chi connectivity index (χ3v) is 4.78. The fraction of sp³-hybridized carbons (Fsp3) is 0.192. The third kappa shape index (κ3) is 7.37. The summed E-state index contributed by atoms with van der Waals surface area (Å²) in [5.41, 5.74) is 2.53. The molecule has 0 radical (unpaired) electrons. The quantitative estimate of drug-likeness (QED) is 0.341. The van der Waals surface area contributed by atoms with Gasteiger partial charge in [0.2, 0.25) is 5.91 Å². The Balaban J connectivity index is 1.52. The number of carbonyl (C=O) groups excluding carboxylic acids is 3. The van der Waals surface area contributed by atoms with Crippen molar-refractivity contribution < 1.29 is 28.6 Å². The van der Waals surface area contributed by atoms with Gasteiger partial charge in [0.1, 0.15) is 11.5 Å². The van der Waals surface area contributed by atoms with E-state index in [0.29, 0.717) is 29.8 Å². The van der Waals surface area contributed by atoms with Crippen LogP contribution in [0.3, 0.4) is 0 Å². The molecule has 3 rings (SSSR count). The standard InChI is InChI=1S/C26H26N2O6/c1-3-33-26(31)34-23-14-10-19(11-15-23)25(30)28-21-6-4-5-20(17-21)27-24(29)16-9-18-7-12-22(32-2)13-8-18/h4-8,10-15,17H,3,9,16H2,1-2H3,(H,27,29)(H,28,30). The van der Waals surface area contributed by atoms with Crippen molar-refractivity contribution in [1.82, 2.24) is 0 Å². The summed E-state index contributed by atoms with van der Waals surface area (Å²) < 4.78 is 14.8. The largest absolute Gasteiger partial charge is 0.513 e. The normalized spacial score (nSPS) is 10.2. The molecule has 8 nitrogen and oxygen atoms in total. The average molecular weight is 463 g/mol. The Hall–Kier alpha value is -4.33. The lowest BCUT2D eigenvalue weighted by Crippen LogP contribution is -2.14. The van der Waals surface area contributed by atoms with Crippen LogP contribution in [0.15, 0.2) is 72.8 Å². The highest BCUT2D eigenvalue weighted by atomic mass is 16.7. The Labute approximate surface area is 197 Å². The number of rotatable bonds is 9. The molecule has 0 fully saturated rings. The van der Waals surface area contributed by atoms with E-state index in [1.54, 1.807) is 38.3 Å². The molecule has 0 aliphatic carbocycles. The highest BCUT2D eigenvalue weighted by Gasteiger charge is 2.10. The van der Waals surface area contributed by atoms with Gasteiger partial charge in [-0.05, 0) is 73.5 Å². The molecular weight excluding hydrogens is 436 g/mol. The number of ether oxygens (including phenoxy) is 3. The van der Waals surface area contributed by atoms with Crippen LogP contribution in [0.2, 0.25) is 0 Å². The number of hydrogen-bond donors (Lipinski definition) is 2. The second-order valence-corrected chi connectivity index (χ2v) is 7.24. The monoisotopic (exact) mass is 462 g/mol. The average Bonchev–Trinajstić information content (AvgIpc) is 2.84. The lowest BCUT2D eigenvalue weighted by Gasteiger charge is -2.10. The van der Waals surface area contributed by atoms with Gasteiger partial charge in [0.15, 0.2) is 0 Å². The maximum atomic E-state index is 12.5. The molecule has 0 heterocycles. The second-order valence-electron chi connectivity index (χ2n) is 7.24. The van der Waals surface area contributed by atoms with Crippen molar-refractivity contribution >= 4 is 29.3 Å². The summed E-state index contributed by atoms with van der Waals surface area (Å²) in [6, 6.07) is 20.6. The first kappa shape index (κ1) is 24.3. The SMILES string of the molecule is CCOC(=O)Oc1ccc(C(=O)Nc2cccc(NC(=O)CCc3ccc(OC)cc3)c2)cc1. The van der Waals surface area contributed by atoms with E-state index in [0.717, 1.165) is 11.3 Å². The zero-order valence-corrected chi connectivity index (χ0v) is 19.0. The van der Waals surface area contributed by atoms with Crippen LogP contribution in [0.4, 0.5) is 16.2 Å². The van der Waals surface area contributed by atoms with Gasteiger partial charge < -0.3 is 24.8 Å². The Morgan fingerprint density at radius 2 is 1.47 bits per heavy atom. The number of amides is 2. The van der Waals surface area contributed by atoms with E-state index in [-0.39, 0.29) is 24.2 Å². The fourth-order valence-corrected chi connectivity index (χ4v) is 3.07. The minimum Gasteiger partial charge on any atom is -0.497 e. The van der Waals surface area contributed by atoms with Crippen molar-refractivity contribution in [2.24, 2.45) is 0 Å². The molecule has 0 aliphatic rings. The molecule has 0 aromatic heterocycles. The molecule has 8 heteroatoms. The van der Waals surface area contributed by atoms with Gasteiger partial charge in [-0.3, -0.25) is 9.59 Å². The van der Waals surface area contributed by atoms with Crippen molar-refractivity contribution in [3.05, 3.63) is 83.9 Å². The van der Waals surface area contributed by atoms with Gasteiger partial charge in [-0.15, -0.1) is 0 Å². The summed E-state index contributed by atoms with van der Waals surface area (Å²) in [5, 5.41) is 5.64. The number of anilines is 2. The van der Waals surface area contributed by atoms with E-state index < -0.39 is 6.16 Å². The molecule has 0 aliphatic heterocycles. The first-order chi connectivity index (χ1) is 16.5. The molecule has 3 aromatic rings. The van der Waals surface area contributed by atoms with Crippen LogP contribution < -0.4 is 20.1 Å². The number of carbonyl (C=O) groups is 3. The minimum atomic E-state index is -0.803. The molecule has 34 heavy (non-hydrogen) atoms. The smallest absolute Gasteiger partial charge is 0.497 e. The lowest BCUT2D eigenvalue weighted by molar-refractivity contribution is -0.116. The first-order valence-electron chi connectivity index (χ1n) is 10.8. The Morgan fingerprint density at radius 1 is 0.824 bits per heavy atom. The summed E-state index contributed by atoms with van der Waals surface area (Å²) >= 11 is 0. The second kappa shape index (κ2) is 12.1. The van der Waals surface area contributed by atoms with Crippen molar-refractivity contribution in [2.75, 3.05) is 24.4 Å².